The van der Waals surface area contributed by atoms with Gasteiger partial charge in [-0.25, -0.2) is 8.78 Å². The van der Waals surface area contributed by atoms with E-state index in [0.717, 1.165) is 11.3 Å². The Labute approximate surface area is 124 Å². The number of methoxy groups -OCH3 is 1. The predicted molar refractivity (Wildman–Crippen MR) is 76.4 cm³/mol. The van der Waals surface area contributed by atoms with E-state index in [1.165, 1.54) is 6.07 Å². The average Bonchev–Trinajstić information content (AvgIpc) is 2.46. The largest absolute Gasteiger partial charge is 0.497 e. The quantitative estimate of drug-likeness (QED) is 0.763. The van der Waals surface area contributed by atoms with Crippen molar-refractivity contribution >= 4 is 15.9 Å². The summed E-state index contributed by atoms with van der Waals surface area (Å²) in [6, 6.07) is 11.9. The third-order valence-electron chi connectivity index (χ3n) is 2.77. The number of ether oxygens (including phenoxy) is 2. The van der Waals surface area contributed by atoms with E-state index in [1.807, 2.05) is 24.3 Å². The molecule has 0 aromatic heterocycles. The van der Waals surface area contributed by atoms with Crippen LogP contribution < -0.4 is 9.47 Å². The van der Waals surface area contributed by atoms with Crippen molar-refractivity contribution in [1.82, 2.24) is 0 Å². The highest BCUT2D eigenvalue weighted by Crippen LogP contribution is 2.31. The molecule has 0 fully saturated rings. The standard InChI is InChI=1S/C15H13BrF2O2/c1-19-11-4-2-10(3-5-11)9-20-12-6-7-14(16)13(8-12)15(17)18/h2-8,15H,9H2,1H3. The molecule has 0 spiro atoms. The summed E-state index contributed by atoms with van der Waals surface area (Å²) in [5, 5.41) is 0. The molecule has 0 unspecified atom stereocenters. The number of halogens is 3. The fraction of sp³-hybridized carbons (Fsp3) is 0.200. The van der Waals surface area contributed by atoms with E-state index in [1.54, 1.807) is 19.2 Å². The predicted octanol–water partition coefficient (Wildman–Crippen LogP) is 4.97. The highest BCUT2D eigenvalue weighted by atomic mass is 79.9. The van der Waals surface area contributed by atoms with Gasteiger partial charge in [0.05, 0.1) is 7.11 Å². The molecule has 0 bridgehead atoms. The highest BCUT2D eigenvalue weighted by Gasteiger charge is 2.12. The molecule has 20 heavy (non-hydrogen) atoms. The van der Waals surface area contributed by atoms with Crippen LogP contribution in [0.15, 0.2) is 46.9 Å². The van der Waals surface area contributed by atoms with E-state index < -0.39 is 6.43 Å². The van der Waals surface area contributed by atoms with Gasteiger partial charge in [0, 0.05) is 10.0 Å². The fourth-order valence-corrected chi connectivity index (χ4v) is 2.09. The lowest BCUT2D eigenvalue weighted by Gasteiger charge is -2.10. The monoisotopic (exact) mass is 342 g/mol. The van der Waals surface area contributed by atoms with E-state index in [-0.39, 0.29) is 5.56 Å². The van der Waals surface area contributed by atoms with Gasteiger partial charge >= 0.3 is 0 Å². The third-order valence-corrected chi connectivity index (χ3v) is 3.49. The van der Waals surface area contributed by atoms with Gasteiger partial charge < -0.3 is 9.47 Å². The summed E-state index contributed by atoms with van der Waals surface area (Å²) < 4.78 is 36.5. The maximum Gasteiger partial charge on any atom is 0.265 e. The Bertz CT molecular complexity index is 571. The highest BCUT2D eigenvalue weighted by molar-refractivity contribution is 9.10. The molecule has 2 aromatic carbocycles. The van der Waals surface area contributed by atoms with Crippen molar-refractivity contribution in [2.24, 2.45) is 0 Å². The molecule has 2 aromatic rings. The second-order valence-corrected chi connectivity index (χ2v) is 4.98. The van der Waals surface area contributed by atoms with Crippen LogP contribution in [0.2, 0.25) is 0 Å². The van der Waals surface area contributed by atoms with Crippen LogP contribution in [0.3, 0.4) is 0 Å². The lowest BCUT2D eigenvalue weighted by atomic mass is 10.2. The van der Waals surface area contributed by atoms with Crippen molar-refractivity contribution in [3.63, 3.8) is 0 Å². The molecule has 0 aliphatic rings. The number of alkyl halides is 2. The first-order valence-corrected chi connectivity index (χ1v) is 6.73. The Morgan fingerprint density at radius 1 is 1.05 bits per heavy atom. The van der Waals surface area contributed by atoms with Crippen LogP contribution in [0.1, 0.15) is 17.6 Å². The molecule has 0 saturated heterocycles. The summed E-state index contributed by atoms with van der Waals surface area (Å²) in [4.78, 5) is 0. The van der Waals surface area contributed by atoms with Gasteiger partial charge in [-0.05, 0) is 35.9 Å². The Morgan fingerprint density at radius 3 is 2.30 bits per heavy atom. The zero-order chi connectivity index (χ0) is 14.5. The average molecular weight is 343 g/mol. The van der Waals surface area contributed by atoms with Gasteiger partial charge in [-0.3, -0.25) is 0 Å². The number of hydrogen-bond donors (Lipinski definition) is 0. The first-order valence-electron chi connectivity index (χ1n) is 5.93. The molecule has 0 heterocycles. The maximum atomic E-state index is 12.8. The van der Waals surface area contributed by atoms with Crippen molar-refractivity contribution in [3.8, 4) is 11.5 Å². The van der Waals surface area contributed by atoms with Crippen molar-refractivity contribution in [2.45, 2.75) is 13.0 Å². The summed E-state index contributed by atoms with van der Waals surface area (Å²) in [6.45, 7) is 0.314. The summed E-state index contributed by atoms with van der Waals surface area (Å²) in [5.74, 6) is 1.18. The minimum absolute atomic E-state index is 0.0720. The van der Waals surface area contributed by atoms with Gasteiger partial charge in [-0.15, -0.1) is 0 Å². The molecule has 0 atom stereocenters. The van der Waals surface area contributed by atoms with Crippen molar-refractivity contribution in [1.29, 1.82) is 0 Å². The van der Waals surface area contributed by atoms with Crippen LogP contribution in [0.4, 0.5) is 8.78 Å². The van der Waals surface area contributed by atoms with Crippen LogP contribution in [-0.2, 0) is 6.61 Å². The van der Waals surface area contributed by atoms with Crippen molar-refractivity contribution in [3.05, 3.63) is 58.1 Å². The lowest BCUT2D eigenvalue weighted by molar-refractivity contribution is 0.150. The zero-order valence-electron chi connectivity index (χ0n) is 10.8. The van der Waals surface area contributed by atoms with E-state index in [4.69, 9.17) is 9.47 Å². The second kappa shape index (κ2) is 6.70. The molecule has 2 nitrogen and oxygen atoms in total. The summed E-state index contributed by atoms with van der Waals surface area (Å²) in [5.41, 5.74) is 0.865. The Morgan fingerprint density at radius 2 is 1.70 bits per heavy atom. The minimum atomic E-state index is -2.53. The first kappa shape index (κ1) is 14.8. The summed E-state index contributed by atoms with van der Waals surface area (Å²) in [7, 11) is 1.60. The topological polar surface area (TPSA) is 18.5 Å². The Kier molecular flexibility index (Phi) is 4.95. The smallest absolute Gasteiger partial charge is 0.265 e. The Hall–Kier alpha value is -1.62. The molecule has 0 aliphatic heterocycles. The van der Waals surface area contributed by atoms with Crippen molar-refractivity contribution in [2.75, 3.05) is 7.11 Å². The van der Waals surface area contributed by atoms with Crippen LogP contribution in [-0.4, -0.2) is 7.11 Å². The summed E-state index contributed by atoms with van der Waals surface area (Å²) >= 11 is 3.09. The van der Waals surface area contributed by atoms with Crippen LogP contribution in [0.5, 0.6) is 11.5 Å². The maximum absolute atomic E-state index is 12.8. The van der Waals surface area contributed by atoms with Gasteiger partial charge in [-0.1, -0.05) is 28.1 Å². The van der Waals surface area contributed by atoms with Gasteiger partial charge in [0.15, 0.2) is 0 Å². The SMILES string of the molecule is COc1ccc(COc2ccc(Br)c(C(F)F)c2)cc1. The van der Waals surface area contributed by atoms with E-state index in [9.17, 15) is 8.78 Å². The molecule has 0 saturated carbocycles. The van der Waals surface area contributed by atoms with Gasteiger partial charge in [0.1, 0.15) is 18.1 Å². The van der Waals surface area contributed by atoms with E-state index in [2.05, 4.69) is 15.9 Å². The van der Waals surface area contributed by atoms with Gasteiger partial charge in [0.25, 0.3) is 6.43 Å². The van der Waals surface area contributed by atoms with Gasteiger partial charge in [-0.2, -0.15) is 0 Å². The molecule has 2 rings (SSSR count). The molecular formula is C15H13BrF2O2. The van der Waals surface area contributed by atoms with Crippen LogP contribution in [0, 0.1) is 0 Å². The molecule has 106 valence electrons. The molecular weight excluding hydrogens is 330 g/mol. The van der Waals surface area contributed by atoms with Crippen LogP contribution >= 0.6 is 15.9 Å². The second-order valence-electron chi connectivity index (χ2n) is 4.12. The zero-order valence-corrected chi connectivity index (χ0v) is 12.4. The van der Waals surface area contributed by atoms with Crippen LogP contribution in [0.25, 0.3) is 0 Å². The fourth-order valence-electron chi connectivity index (χ4n) is 1.67. The lowest BCUT2D eigenvalue weighted by Crippen LogP contribution is -1.97. The van der Waals surface area contributed by atoms with Crippen molar-refractivity contribution < 1.29 is 18.3 Å². The number of hydrogen-bond acceptors (Lipinski definition) is 2. The minimum Gasteiger partial charge on any atom is -0.497 e. The molecule has 0 radical (unpaired) electrons. The molecule has 5 heteroatoms. The van der Waals surface area contributed by atoms with Gasteiger partial charge in [0.2, 0.25) is 0 Å². The molecule has 0 amide bonds. The third kappa shape index (κ3) is 3.70. The van der Waals surface area contributed by atoms with E-state index in [0.29, 0.717) is 16.8 Å². The molecule has 0 aliphatic carbocycles. The summed E-state index contributed by atoms with van der Waals surface area (Å²) in [6.07, 6.45) is -2.53. The molecule has 0 N–H and O–H groups in total. The first-order chi connectivity index (χ1) is 9.60. The number of rotatable bonds is 5. The van der Waals surface area contributed by atoms with E-state index >= 15 is 0 Å². The number of benzene rings is 2. The normalized spacial score (nSPS) is 10.7. The Balaban J connectivity index is 2.04.